The molecule has 7 heteroatoms. The van der Waals surface area contributed by atoms with Crippen LogP contribution in [0.3, 0.4) is 0 Å². The predicted octanol–water partition coefficient (Wildman–Crippen LogP) is 0.139. The summed E-state index contributed by atoms with van der Waals surface area (Å²) in [7, 11) is 0. The lowest BCUT2D eigenvalue weighted by atomic mass is 10.0. The molecule has 2 N–H and O–H groups in total. The maximum Gasteiger partial charge on any atom is 0.306 e. The molecular formula is C14H20N2O5. The number of carbonyl (C=O) groups is 4. The first-order valence-corrected chi connectivity index (χ1v) is 7.20. The summed E-state index contributed by atoms with van der Waals surface area (Å²) in [5.41, 5.74) is 0. The molecular weight excluding hydrogens is 276 g/mol. The topological polar surface area (TPSA) is 104 Å². The third kappa shape index (κ3) is 3.06. The summed E-state index contributed by atoms with van der Waals surface area (Å²) in [5, 5.41) is 11.5. The number of carboxylic acid groups (broad SMARTS) is 1. The van der Waals surface area contributed by atoms with E-state index in [-0.39, 0.29) is 36.1 Å². The van der Waals surface area contributed by atoms with Crippen molar-refractivity contribution in [2.75, 3.05) is 0 Å². The Balaban J connectivity index is 1.94. The van der Waals surface area contributed by atoms with Crippen LogP contribution in [-0.4, -0.2) is 45.8 Å². The first-order valence-electron chi connectivity index (χ1n) is 7.20. The van der Waals surface area contributed by atoms with Gasteiger partial charge in [-0.15, -0.1) is 0 Å². The molecule has 1 aliphatic carbocycles. The Labute approximate surface area is 122 Å². The van der Waals surface area contributed by atoms with Gasteiger partial charge in [-0.05, 0) is 33.1 Å². The van der Waals surface area contributed by atoms with Gasteiger partial charge in [0.15, 0.2) is 0 Å². The number of likely N-dealkylation sites (tertiary alicyclic amines) is 1. The third-order valence-electron chi connectivity index (χ3n) is 4.17. The molecule has 2 aliphatic rings. The van der Waals surface area contributed by atoms with Crippen LogP contribution in [0.1, 0.15) is 39.5 Å². The molecule has 2 rings (SSSR count). The highest BCUT2D eigenvalue weighted by atomic mass is 16.4. The molecule has 0 aromatic carbocycles. The molecule has 1 aliphatic heterocycles. The quantitative estimate of drug-likeness (QED) is 0.718. The van der Waals surface area contributed by atoms with Gasteiger partial charge in [0, 0.05) is 12.0 Å². The van der Waals surface area contributed by atoms with Crippen molar-refractivity contribution in [3.8, 4) is 0 Å². The van der Waals surface area contributed by atoms with Crippen LogP contribution in [-0.2, 0) is 19.2 Å². The van der Waals surface area contributed by atoms with E-state index < -0.39 is 17.9 Å². The molecule has 116 valence electrons. The number of nitrogens with one attached hydrogen (secondary N) is 1. The molecule has 1 heterocycles. The number of rotatable bonds is 4. The average molecular weight is 296 g/mol. The average Bonchev–Trinajstić information content (AvgIpc) is 2.95. The Bertz CT molecular complexity index is 488. The third-order valence-corrected chi connectivity index (χ3v) is 4.17. The number of carboxylic acids is 1. The van der Waals surface area contributed by atoms with Crippen LogP contribution < -0.4 is 5.32 Å². The van der Waals surface area contributed by atoms with Gasteiger partial charge in [0.1, 0.15) is 6.04 Å². The molecule has 1 unspecified atom stereocenters. The van der Waals surface area contributed by atoms with Crippen molar-refractivity contribution < 1.29 is 24.3 Å². The standard InChI is InChI=1S/C14H20N2O5/c1-7(2)16-11(17)6-10(13(16)19)15-12(18)8-3-4-9(5-8)14(20)21/h7-10H,3-6H2,1-2H3,(H,15,18)(H,20,21)/t8-,9+,10?/m1/s1. The molecule has 0 aromatic rings. The number of hydrogen-bond acceptors (Lipinski definition) is 4. The lowest BCUT2D eigenvalue weighted by Crippen LogP contribution is -2.45. The van der Waals surface area contributed by atoms with Crippen molar-refractivity contribution in [1.82, 2.24) is 10.2 Å². The Kier molecular flexibility index (Phi) is 4.29. The van der Waals surface area contributed by atoms with Gasteiger partial charge in [0.05, 0.1) is 12.3 Å². The second-order valence-corrected chi connectivity index (χ2v) is 6.01. The van der Waals surface area contributed by atoms with E-state index in [9.17, 15) is 19.2 Å². The van der Waals surface area contributed by atoms with E-state index in [1.807, 2.05) is 0 Å². The van der Waals surface area contributed by atoms with Gasteiger partial charge < -0.3 is 10.4 Å². The normalized spacial score (nSPS) is 29.3. The van der Waals surface area contributed by atoms with E-state index in [0.29, 0.717) is 19.3 Å². The number of aliphatic carboxylic acids is 1. The van der Waals surface area contributed by atoms with Crippen LogP contribution in [0.4, 0.5) is 0 Å². The van der Waals surface area contributed by atoms with Gasteiger partial charge in [0.25, 0.3) is 5.91 Å². The Hall–Kier alpha value is -1.92. The lowest BCUT2D eigenvalue weighted by Gasteiger charge is -2.19. The molecule has 1 saturated heterocycles. The predicted molar refractivity (Wildman–Crippen MR) is 72.0 cm³/mol. The first-order chi connectivity index (χ1) is 9.81. The Morgan fingerprint density at radius 3 is 2.33 bits per heavy atom. The first kappa shape index (κ1) is 15.5. The van der Waals surface area contributed by atoms with Crippen molar-refractivity contribution in [2.24, 2.45) is 11.8 Å². The second kappa shape index (κ2) is 5.83. The highest BCUT2D eigenvalue weighted by molar-refractivity contribution is 6.07. The maximum atomic E-state index is 12.1. The fraction of sp³-hybridized carbons (Fsp3) is 0.714. The molecule has 0 aromatic heterocycles. The van der Waals surface area contributed by atoms with E-state index in [1.54, 1.807) is 13.8 Å². The van der Waals surface area contributed by atoms with Crippen LogP contribution in [0, 0.1) is 11.8 Å². The van der Waals surface area contributed by atoms with Crippen molar-refractivity contribution in [2.45, 2.75) is 51.6 Å². The number of amides is 3. The summed E-state index contributed by atoms with van der Waals surface area (Å²) < 4.78 is 0. The summed E-state index contributed by atoms with van der Waals surface area (Å²) in [6, 6.07) is -1.04. The van der Waals surface area contributed by atoms with Gasteiger partial charge in [-0.1, -0.05) is 0 Å². The molecule has 0 bridgehead atoms. The molecule has 3 amide bonds. The molecule has 7 nitrogen and oxygen atoms in total. The molecule has 3 atom stereocenters. The highest BCUT2D eigenvalue weighted by Crippen LogP contribution is 2.31. The van der Waals surface area contributed by atoms with Gasteiger partial charge in [0.2, 0.25) is 11.8 Å². The van der Waals surface area contributed by atoms with E-state index in [0.717, 1.165) is 0 Å². The van der Waals surface area contributed by atoms with E-state index >= 15 is 0 Å². The zero-order valence-electron chi connectivity index (χ0n) is 12.2. The van der Waals surface area contributed by atoms with Crippen LogP contribution in [0.2, 0.25) is 0 Å². The molecule has 21 heavy (non-hydrogen) atoms. The minimum Gasteiger partial charge on any atom is -0.481 e. The summed E-state index contributed by atoms with van der Waals surface area (Å²) in [5.74, 6) is -2.75. The second-order valence-electron chi connectivity index (χ2n) is 6.01. The van der Waals surface area contributed by atoms with Gasteiger partial charge in [-0.3, -0.25) is 24.1 Å². The lowest BCUT2D eigenvalue weighted by molar-refractivity contribution is -0.143. The zero-order chi connectivity index (χ0) is 15.7. The Morgan fingerprint density at radius 1 is 1.24 bits per heavy atom. The van der Waals surface area contributed by atoms with Crippen LogP contribution >= 0.6 is 0 Å². The van der Waals surface area contributed by atoms with Crippen LogP contribution in [0.25, 0.3) is 0 Å². The number of imide groups is 1. The van der Waals surface area contributed by atoms with E-state index in [2.05, 4.69) is 5.32 Å². The largest absolute Gasteiger partial charge is 0.481 e. The maximum absolute atomic E-state index is 12.1. The highest BCUT2D eigenvalue weighted by Gasteiger charge is 2.42. The van der Waals surface area contributed by atoms with E-state index in [4.69, 9.17) is 5.11 Å². The fourth-order valence-corrected chi connectivity index (χ4v) is 3.04. The SMILES string of the molecule is CC(C)N1C(=O)CC(NC(=O)[C@@H]2CC[C@H](C(=O)O)C2)C1=O. The number of hydrogen-bond donors (Lipinski definition) is 2. The number of carbonyl (C=O) groups excluding carboxylic acids is 3. The van der Waals surface area contributed by atoms with Crippen LogP contribution in [0.15, 0.2) is 0 Å². The van der Waals surface area contributed by atoms with Gasteiger partial charge in [-0.2, -0.15) is 0 Å². The minimum atomic E-state index is -0.886. The Morgan fingerprint density at radius 2 is 1.86 bits per heavy atom. The van der Waals surface area contributed by atoms with E-state index in [1.165, 1.54) is 4.90 Å². The number of nitrogens with zero attached hydrogens (tertiary/aromatic N) is 1. The summed E-state index contributed by atoms with van der Waals surface area (Å²) >= 11 is 0. The smallest absolute Gasteiger partial charge is 0.306 e. The summed E-state index contributed by atoms with van der Waals surface area (Å²) in [4.78, 5) is 48.0. The van der Waals surface area contributed by atoms with Crippen molar-refractivity contribution >= 4 is 23.7 Å². The van der Waals surface area contributed by atoms with Crippen molar-refractivity contribution in [3.05, 3.63) is 0 Å². The molecule has 0 spiro atoms. The van der Waals surface area contributed by atoms with Gasteiger partial charge in [-0.25, -0.2) is 0 Å². The molecule has 2 fully saturated rings. The van der Waals surface area contributed by atoms with Crippen molar-refractivity contribution in [1.29, 1.82) is 0 Å². The fourth-order valence-electron chi connectivity index (χ4n) is 3.04. The minimum absolute atomic E-state index is 0.0160. The van der Waals surface area contributed by atoms with Crippen LogP contribution in [0.5, 0.6) is 0 Å². The van der Waals surface area contributed by atoms with Crippen molar-refractivity contribution in [3.63, 3.8) is 0 Å². The zero-order valence-corrected chi connectivity index (χ0v) is 12.2. The summed E-state index contributed by atoms with van der Waals surface area (Å²) in [6.07, 6.45) is 1.26. The van der Waals surface area contributed by atoms with Gasteiger partial charge >= 0.3 is 5.97 Å². The monoisotopic (exact) mass is 296 g/mol. The molecule has 1 saturated carbocycles. The molecule has 0 radical (unpaired) electrons. The summed E-state index contributed by atoms with van der Waals surface area (Å²) in [6.45, 7) is 3.49.